The number of aromatic nitrogens is 1. The molecule has 22 heavy (non-hydrogen) atoms. The number of aryl methyl sites for hydroxylation is 1. The Morgan fingerprint density at radius 2 is 2.09 bits per heavy atom. The Bertz CT molecular complexity index is 702. The molecular formula is C15H15BrN2O3S. The molecule has 3 rings (SSSR count). The Morgan fingerprint density at radius 1 is 1.36 bits per heavy atom. The van der Waals surface area contributed by atoms with E-state index in [0.717, 1.165) is 21.6 Å². The molecule has 1 aliphatic rings. The van der Waals surface area contributed by atoms with E-state index in [-0.39, 0.29) is 12.3 Å². The fourth-order valence-corrected chi connectivity index (χ4v) is 3.28. The summed E-state index contributed by atoms with van der Waals surface area (Å²) in [5.74, 6) is 1.22. The molecule has 0 bridgehead atoms. The number of halogens is 1. The molecule has 0 saturated carbocycles. The van der Waals surface area contributed by atoms with Gasteiger partial charge in [-0.15, -0.1) is 11.3 Å². The third kappa shape index (κ3) is 3.41. The van der Waals surface area contributed by atoms with Crippen LogP contribution in [0, 0.1) is 0 Å². The smallest absolute Gasteiger partial charge is 0.230 e. The van der Waals surface area contributed by atoms with Crippen molar-refractivity contribution in [2.45, 2.75) is 19.8 Å². The maximum Gasteiger partial charge on any atom is 0.230 e. The second-order valence-electron chi connectivity index (χ2n) is 4.79. The van der Waals surface area contributed by atoms with Crippen LogP contribution >= 0.6 is 27.3 Å². The Morgan fingerprint density at radius 3 is 2.77 bits per heavy atom. The van der Waals surface area contributed by atoms with Gasteiger partial charge in [0, 0.05) is 22.0 Å². The topological polar surface area (TPSA) is 60.5 Å². The number of benzene rings is 1. The minimum Gasteiger partial charge on any atom is -0.486 e. The predicted octanol–water partition coefficient (Wildman–Crippen LogP) is 3.42. The number of carbonyl (C=O) groups is 1. The van der Waals surface area contributed by atoms with Crippen LogP contribution in [0.2, 0.25) is 0 Å². The van der Waals surface area contributed by atoms with Crippen molar-refractivity contribution in [1.82, 2.24) is 4.98 Å². The number of carbonyl (C=O) groups excluding carboxylic acids is 1. The minimum absolute atomic E-state index is 0.106. The second-order valence-corrected chi connectivity index (χ2v) is 6.58. The Balaban J connectivity index is 1.70. The highest BCUT2D eigenvalue weighted by Gasteiger charge is 2.16. The van der Waals surface area contributed by atoms with E-state index in [2.05, 4.69) is 33.2 Å². The molecule has 0 unspecified atom stereocenters. The summed E-state index contributed by atoms with van der Waals surface area (Å²) in [6.45, 7) is 3.10. The summed E-state index contributed by atoms with van der Waals surface area (Å²) in [5.41, 5.74) is 1.47. The highest BCUT2D eigenvalue weighted by atomic mass is 79.9. The molecule has 2 aromatic rings. The molecular weight excluding hydrogens is 368 g/mol. The van der Waals surface area contributed by atoms with Crippen LogP contribution < -0.4 is 14.8 Å². The molecule has 1 N–H and O–H groups in total. The highest BCUT2D eigenvalue weighted by Crippen LogP contribution is 2.38. The molecule has 1 aromatic carbocycles. The van der Waals surface area contributed by atoms with E-state index in [1.54, 1.807) is 17.4 Å². The van der Waals surface area contributed by atoms with Crippen molar-refractivity contribution < 1.29 is 14.3 Å². The van der Waals surface area contributed by atoms with Gasteiger partial charge in [0.1, 0.15) is 13.2 Å². The van der Waals surface area contributed by atoms with E-state index in [4.69, 9.17) is 9.47 Å². The highest BCUT2D eigenvalue weighted by molar-refractivity contribution is 9.10. The van der Waals surface area contributed by atoms with Crippen molar-refractivity contribution in [2.24, 2.45) is 0 Å². The number of amides is 1. The first-order valence-electron chi connectivity index (χ1n) is 6.98. The molecule has 0 fully saturated rings. The van der Waals surface area contributed by atoms with Crippen LogP contribution in [-0.4, -0.2) is 24.1 Å². The van der Waals surface area contributed by atoms with E-state index in [9.17, 15) is 4.79 Å². The summed E-state index contributed by atoms with van der Waals surface area (Å²) in [6.07, 6.45) is 1.15. The normalized spacial score (nSPS) is 13.0. The summed E-state index contributed by atoms with van der Waals surface area (Å²) in [4.78, 5) is 16.6. The molecule has 0 aliphatic carbocycles. The molecule has 2 heterocycles. The van der Waals surface area contributed by atoms with Gasteiger partial charge in [0.25, 0.3) is 0 Å². The number of hydrogen-bond donors (Lipinski definition) is 1. The van der Waals surface area contributed by atoms with Gasteiger partial charge in [-0.05, 0) is 22.4 Å². The Labute approximate surface area is 140 Å². The van der Waals surface area contributed by atoms with Gasteiger partial charge in [-0.3, -0.25) is 4.79 Å². The number of ether oxygens (including phenoxy) is 2. The van der Waals surface area contributed by atoms with E-state index >= 15 is 0 Å². The molecule has 116 valence electrons. The quantitative estimate of drug-likeness (QED) is 0.879. The third-order valence-corrected chi connectivity index (χ3v) is 4.85. The van der Waals surface area contributed by atoms with Gasteiger partial charge in [-0.2, -0.15) is 0 Å². The maximum absolute atomic E-state index is 12.2. The van der Waals surface area contributed by atoms with Gasteiger partial charge in [0.2, 0.25) is 5.91 Å². The SMILES string of the molecule is CCc1nc(CC(=O)Nc2cc3c(cc2Br)OCCO3)cs1. The summed E-state index contributed by atoms with van der Waals surface area (Å²) in [7, 11) is 0. The van der Waals surface area contributed by atoms with Crippen molar-refractivity contribution in [3.63, 3.8) is 0 Å². The molecule has 0 spiro atoms. The second kappa shape index (κ2) is 6.66. The number of hydrogen-bond acceptors (Lipinski definition) is 5. The van der Waals surface area contributed by atoms with E-state index in [1.807, 2.05) is 11.4 Å². The lowest BCUT2D eigenvalue weighted by Gasteiger charge is -2.20. The first-order chi connectivity index (χ1) is 10.7. The van der Waals surface area contributed by atoms with Crippen molar-refractivity contribution in [3.8, 4) is 11.5 Å². The lowest BCUT2D eigenvalue weighted by molar-refractivity contribution is -0.115. The van der Waals surface area contributed by atoms with E-state index in [0.29, 0.717) is 30.4 Å². The predicted molar refractivity (Wildman–Crippen MR) is 89.0 cm³/mol. The Hall–Kier alpha value is -1.60. The molecule has 0 saturated heterocycles. The zero-order chi connectivity index (χ0) is 15.5. The number of nitrogens with one attached hydrogen (secondary N) is 1. The molecule has 1 amide bonds. The summed E-state index contributed by atoms with van der Waals surface area (Å²) in [6, 6.07) is 3.58. The van der Waals surface area contributed by atoms with Gasteiger partial charge < -0.3 is 14.8 Å². The van der Waals surface area contributed by atoms with E-state index in [1.165, 1.54) is 0 Å². The van der Waals surface area contributed by atoms with Crippen LogP contribution in [0.1, 0.15) is 17.6 Å². The van der Waals surface area contributed by atoms with Crippen LogP contribution in [0.15, 0.2) is 22.0 Å². The average Bonchev–Trinajstić information content (AvgIpc) is 2.95. The molecule has 1 aliphatic heterocycles. The van der Waals surface area contributed by atoms with Crippen LogP contribution in [0.3, 0.4) is 0 Å². The van der Waals surface area contributed by atoms with Crippen LogP contribution in [0.25, 0.3) is 0 Å². The fraction of sp³-hybridized carbons (Fsp3) is 0.333. The van der Waals surface area contributed by atoms with E-state index < -0.39 is 0 Å². The van der Waals surface area contributed by atoms with Crippen molar-refractivity contribution >= 4 is 38.9 Å². The van der Waals surface area contributed by atoms with Crippen LogP contribution in [0.4, 0.5) is 5.69 Å². The fourth-order valence-electron chi connectivity index (χ4n) is 2.11. The first-order valence-corrected chi connectivity index (χ1v) is 8.65. The number of rotatable bonds is 4. The van der Waals surface area contributed by atoms with Gasteiger partial charge in [0.15, 0.2) is 11.5 Å². The van der Waals surface area contributed by atoms with Crippen molar-refractivity contribution in [1.29, 1.82) is 0 Å². The van der Waals surface area contributed by atoms with Crippen LogP contribution in [-0.2, 0) is 17.6 Å². The number of anilines is 1. The minimum atomic E-state index is -0.106. The molecule has 0 atom stereocenters. The average molecular weight is 383 g/mol. The van der Waals surface area contributed by atoms with Crippen molar-refractivity contribution in [3.05, 3.63) is 32.7 Å². The first kappa shape index (κ1) is 15.3. The summed E-state index contributed by atoms with van der Waals surface area (Å²) in [5, 5.41) is 5.85. The molecule has 1 aromatic heterocycles. The van der Waals surface area contributed by atoms with Crippen LogP contribution in [0.5, 0.6) is 11.5 Å². The van der Waals surface area contributed by atoms with Gasteiger partial charge in [0.05, 0.1) is 22.8 Å². The summed E-state index contributed by atoms with van der Waals surface area (Å²) < 4.78 is 11.8. The Kier molecular flexibility index (Phi) is 4.63. The molecule has 5 nitrogen and oxygen atoms in total. The third-order valence-electron chi connectivity index (χ3n) is 3.15. The largest absolute Gasteiger partial charge is 0.486 e. The monoisotopic (exact) mass is 382 g/mol. The molecule has 7 heteroatoms. The van der Waals surface area contributed by atoms with Gasteiger partial charge in [-0.1, -0.05) is 6.92 Å². The standard InChI is InChI=1S/C15H15BrN2O3S/c1-2-15-17-9(8-22-15)5-14(19)18-11-7-13-12(6-10(11)16)20-3-4-21-13/h6-8H,2-5H2,1H3,(H,18,19). The lowest BCUT2D eigenvalue weighted by Crippen LogP contribution is -2.17. The lowest BCUT2D eigenvalue weighted by atomic mass is 10.2. The zero-order valence-corrected chi connectivity index (χ0v) is 14.4. The summed E-state index contributed by atoms with van der Waals surface area (Å²) >= 11 is 5.02. The zero-order valence-electron chi connectivity index (χ0n) is 12.0. The van der Waals surface area contributed by atoms with Gasteiger partial charge in [-0.25, -0.2) is 4.98 Å². The maximum atomic E-state index is 12.2. The van der Waals surface area contributed by atoms with Crippen molar-refractivity contribution in [2.75, 3.05) is 18.5 Å². The number of fused-ring (bicyclic) bond motifs is 1. The van der Waals surface area contributed by atoms with Gasteiger partial charge >= 0.3 is 0 Å². The number of thiazole rings is 1. The number of nitrogens with zero attached hydrogens (tertiary/aromatic N) is 1. The molecule has 0 radical (unpaired) electrons.